The molecule has 1 aromatic heterocycles. The highest BCUT2D eigenvalue weighted by Crippen LogP contribution is 2.41. The van der Waals surface area contributed by atoms with E-state index in [0.717, 1.165) is 30.7 Å². The van der Waals surface area contributed by atoms with Gasteiger partial charge in [0.1, 0.15) is 5.82 Å². The molecule has 5 nitrogen and oxygen atoms in total. The van der Waals surface area contributed by atoms with Gasteiger partial charge in [0.2, 0.25) is 0 Å². The van der Waals surface area contributed by atoms with Crippen LogP contribution in [0.25, 0.3) is 0 Å². The third kappa shape index (κ3) is 2.27. The van der Waals surface area contributed by atoms with E-state index in [2.05, 4.69) is 15.1 Å². The Morgan fingerprint density at radius 3 is 2.70 bits per heavy atom. The molecule has 0 amide bonds. The van der Waals surface area contributed by atoms with E-state index in [4.69, 9.17) is 9.72 Å². The van der Waals surface area contributed by atoms with Gasteiger partial charge in [-0.15, -0.1) is 0 Å². The normalized spacial score (nSPS) is 32.2. The molecular weight excluding hydrogens is 252 g/mol. The number of aromatic nitrogens is 3. The van der Waals surface area contributed by atoms with Gasteiger partial charge in [0.15, 0.2) is 5.82 Å². The zero-order valence-corrected chi connectivity index (χ0v) is 12.2. The molecule has 2 saturated carbocycles. The number of aromatic amines is 1. The van der Waals surface area contributed by atoms with Gasteiger partial charge in [-0.2, -0.15) is 5.10 Å². The first-order valence-electron chi connectivity index (χ1n) is 8.06. The summed E-state index contributed by atoms with van der Waals surface area (Å²) in [5.74, 6) is 2.73. The van der Waals surface area contributed by atoms with Crippen LogP contribution in [0.5, 0.6) is 0 Å². The SMILES string of the molecule is CO[C@@H]1C[C@@H](c2nc(C3CC3)n[nH]2)N(C2CCCC2)C1. The lowest BCUT2D eigenvalue weighted by Crippen LogP contribution is -2.34. The maximum absolute atomic E-state index is 5.62. The van der Waals surface area contributed by atoms with Crippen molar-refractivity contribution in [2.45, 2.75) is 69.1 Å². The Balaban J connectivity index is 1.55. The first-order chi connectivity index (χ1) is 9.85. The molecule has 5 heteroatoms. The van der Waals surface area contributed by atoms with E-state index in [1.165, 1.54) is 38.5 Å². The van der Waals surface area contributed by atoms with Crippen molar-refractivity contribution in [3.8, 4) is 0 Å². The topological polar surface area (TPSA) is 54.0 Å². The first-order valence-corrected chi connectivity index (χ1v) is 8.06. The van der Waals surface area contributed by atoms with Crippen LogP contribution in [0.3, 0.4) is 0 Å². The fraction of sp³-hybridized carbons (Fsp3) is 0.867. The second kappa shape index (κ2) is 5.11. The van der Waals surface area contributed by atoms with E-state index < -0.39 is 0 Å². The van der Waals surface area contributed by atoms with Crippen LogP contribution in [0.1, 0.15) is 68.6 Å². The highest BCUT2D eigenvalue weighted by atomic mass is 16.5. The molecule has 3 aliphatic rings. The van der Waals surface area contributed by atoms with Crippen molar-refractivity contribution in [2.75, 3.05) is 13.7 Å². The number of ether oxygens (including phenoxy) is 1. The summed E-state index contributed by atoms with van der Waals surface area (Å²) >= 11 is 0. The second-order valence-electron chi connectivity index (χ2n) is 6.60. The Bertz CT molecular complexity index is 464. The summed E-state index contributed by atoms with van der Waals surface area (Å²) in [6, 6.07) is 1.10. The maximum Gasteiger partial charge on any atom is 0.153 e. The summed E-state index contributed by atoms with van der Waals surface area (Å²) in [5, 5.41) is 7.64. The van der Waals surface area contributed by atoms with Gasteiger partial charge < -0.3 is 4.74 Å². The number of nitrogens with one attached hydrogen (secondary N) is 1. The lowest BCUT2D eigenvalue weighted by molar-refractivity contribution is 0.0997. The monoisotopic (exact) mass is 276 g/mol. The van der Waals surface area contributed by atoms with Crippen LogP contribution in [-0.4, -0.2) is 45.9 Å². The molecule has 110 valence electrons. The zero-order chi connectivity index (χ0) is 13.5. The molecule has 2 heterocycles. The third-order valence-electron chi connectivity index (χ3n) is 5.21. The van der Waals surface area contributed by atoms with Crippen molar-refractivity contribution >= 4 is 0 Å². The van der Waals surface area contributed by atoms with Gasteiger partial charge in [-0.1, -0.05) is 12.8 Å². The quantitative estimate of drug-likeness (QED) is 0.917. The molecule has 1 saturated heterocycles. The van der Waals surface area contributed by atoms with Crippen molar-refractivity contribution in [1.82, 2.24) is 20.1 Å². The molecule has 0 bridgehead atoms. The largest absolute Gasteiger partial charge is 0.380 e. The number of hydrogen-bond acceptors (Lipinski definition) is 4. The van der Waals surface area contributed by atoms with E-state index >= 15 is 0 Å². The van der Waals surface area contributed by atoms with Gasteiger partial charge in [-0.05, 0) is 32.1 Å². The number of methoxy groups -OCH3 is 1. The van der Waals surface area contributed by atoms with Crippen molar-refractivity contribution < 1.29 is 4.74 Å². The molecule has 0 unspecified atom stereocenters. The first kappa shape index (κ1) is 12.8. The molecule has 3 fully saturated rings. The van der Waals surface area contributed by atoms with Gasteiger partial charge in [-0.25, -0.2) is 4.98 Å². The molecule has 1 aliphatic heterocycles. The molecular formula is C15H24N4O. The predicted molar refractivity (Wildman–Crippen MR) is 75.5 cm³/mol. The minimum Gasteiger partial charge on any atom is -0.380 e. The molecule has 2 atom stereocenters. The summed E-state index contributed by atoms with van der Waals surface area (Å²) < 4.78 is 5.62. The number of likely N-dealkylation sites (tertiary alicyclic amines) is 1. The van der Waals surface area contributed by atoms with Crippen LogP contribution in [0, 0.1) is 0 Å². The smallest absolute Gasteiger partial charge is 0.153 e. The third-order valence-corrected chi connectivity index (χ3v) is 5.21. The van der Waals surface area contributed by atoms with Crippen LogP contribution in [0.2, 0.25) is 0 Å². The Hall–Kier alpha value is -0.940. The van der Waals surface area contributed by atoms with Gasteiger partial charge >= 0.3 is 0 Å². The zero-order valence-electron chi connectivity index (χ0n) is 12.2. The average Bonchev–Trinajstić information content (AvgIpc) is 2.93. The molecule has 0 radical (unpaired) electrons. The lowest BCUT2D eigenvalue weighted by atomic mass is 10.1. The Morgan fingerprint density at radius 1 is 1.20 bits per heavy atom. The highest BCUT2D eigenvalue weighted by Gasteiger charge is 2.40. The van der Waals surface area contributed by atoms with Crippen LogP contribution < -0.4 is 0 Å². The molecule has 0 spiro atoms. The van der Waals surface area contributed by atoms with Gasteiger partial charge in [0.05, 0.1) is 12.1 Å². The van der Waals surface area contributed by atoms with Crippen LogP contribution in [0.4, 0.5) is 0 Å². The fourth-order valence-corrected chi connectivity index (χ4v) is 3.86. The van der Waals surface area contributed by atoms with E-state index in [0.29, 0.717) is 18.1 Å². The molecule has 0 aromatic carbocycles. The van der Waals surface area contributed by atoms with Crippen LogP contribution >= 0.6 is 0 Å². The number of H-pyrrole nitrogens is 1. The second-order valence-corrected chi connectivity index (χ2v) is 6.60. The minimum absolute atomic E-state index is 0.343. The van der Waals surface area contributed by atoms with E-state index in [-0.39, 0.29) is 0 Å². The Labute approximate surface area is 120 Å². The highest BCUT2D eigenvalue weighted by molar-refractivity contribution is 5.09. The van der Waals surface area contributed by atoms with Crippen molar-refractivity contribution in [1.29, 1.82) is 0 Å². The predicted octanol–water partition coefficient (Wildman–Crippen LogP) is 2.39. The van der Waals surface area contributed by atoms with Crippen molar-refractivity contribution in [3.63, 3.8) is 0 Å². The van der Waals surface area contributed by atoms with Gasteiger partial charge in [0, 0.05) is 25.6 Å². The van der Waals surface area contributed by atoms with Gasteiger partial charge in [-0.3, -0.25) is 10.00 Å². The molecule has 1 N–H and O–H groups in total. The van der Waals surface area contributed by atoms with Crippen molar-refractivity contribution in [3.05, 3.63) is 11.6 Å². The maximum atomic E-state index is 5.62. The summed E-state index contributed by atoms with van der Waals surface area (Å²) in [6.07, 6.45) is 9.31. The Kier molecular flexibility index (Phi) is 3.27. The van der Waals surface area contributed by atoms with Crippen LogP contribution in [-0.2, 0) is 4.74 Å². The summed E-state index contributed by atoms with van der Waals surface area (Å²) in [7, 11) is 1.83. The number of rotatable bonds is 4. The molecule has 4 rings (SSSR count). The summed E-state index contributed by atoms with van der Waals surface area (Å²) in [6.45, 7) is 1.05. The lowest BCUT2D eigenvalue weighted by Gasteiger charge is -2.28. The van der Waals surface area contributed by atoms with E-state index in [9.17, 15) is 0 Å². The summed E-state index contributed by atoms with van der Waals surface area (Å²) in [4.78, 5) is 7.40. The molecule has 20 heavy (non-hydrogen) atoms. The molecule has 2 aliphatic carbocycles. The van der Waals surface area contributed by atoms with E-state index in [1.54, 1.807) is 0 Å². The number of hydrogen-bond donors (Lipinski definition) is 1. The minimum atomic E-state index is 0.343. The van der Waals surface area contributed by atoms with Crippen molar-refractivity contribution in [2.24, 2.45) is 0 Å². The number of nitrogens with zero attached hydrogens (tertiary/aromatic N) is 3. The standard InChI is InChI=1S/C15H24N4O/c1-20-12-8-13(19(9-12)11-4-2-3-5-11)15-16-14(17-18-15)10-6-7-10/h10-13H,2-9H2,1H3,(H,16,17,18)/t12-,13+/m1/s1. The van der Waals surface area contributed by atoms with Gasteiger partial charge in [0.25, 0.3) is 0 Å². The average molecular weight is 276 g/mol. The van der Waals surface area contributed by atoms with Crippen LogP contribution in [0.15, 0.2) is 0 Å². The van der Waals surface area contributed by atoms with E-state index in [1.807, 2.05) is 7.11 Å². The summed E-state index contributed by atoms with van der Waals surface area (Å²) in [5.41, 5.74) is 0. The fourth-order valence-electron chi connectivity index (χ4n) is 3.86. The Morgan fingerprint density at radius 2 is 2.00 bits per heavy atom. The molecule has 1 aromatic rings.